The molecule has 3 heterocycles. The number of nitrogens with one attached hydrogen (secondary N) is 1. The molecule has 0 amide bonds. The van der Waals surface area contributed by atoms with Gasteiger partial charge in [0.2, 0.25) is 0 Å². The first-order valence-corrected chi connectivity index (χ1v) is 7.78. The highest BCUT2D eigenvalue weighted by Crippen LogP contribution is 2.56. The molecule has 0 radical (unpaired) electrons. The van der Waals surface area contributed by atoms with Gasteiger partial charge in [-0.1, -0.05) is 13.3 Å². The zero-order valence-electron chi connectivity index (χ0n) is 12.6. The predicted molar refractivity (Wildman–Crippen MR) is 76.6 cm³/mol. The summed E-state index contributed by atoms with van der Waals surface area (Å²) in [5.74, 6) is 0.163. The number of hydrogen-bond donors (Lipinski definition) is 2. The second kappa shape index (κ2) is 4.53. The molecule has 1 unspecified atom stereocenters. The van der Waals surface area contributed by atoms with E-state index in [1.807, 2.05) is 0 Å². The minimum atomic E-state index is -0.753. The molecule has 7 nitrogen and oxygen atoms in total. The highest BCUT2D eigenvalue weighted by atomic mass is 16.7. The highest BCUT2D eigenvalue weighted by Gasteiger charge is 2.69. The lowest BCUT2D eigenvalue weighted by Gasteiger charge is -2.44. The molecular weight excluding hydrogens is 288 g/mol. The predicted octanol–water partition coefficient (Wildman–Crippen LogP) is 0.0609. The Morgan fingerprint density at radius 1 is 1.41 bits per heavy atom. The van der Waals surface area contributed by atoms with Crippen LogP contribution in [0.4, 0.5) is 0 Å². The number of hydrogen-bond acceptors (Lipinski definition) is 5. The van der Waals surface area contributed by atoms with Gasteiger partial charge in [-0.3, -0.25) is 14.3 Å². The van der Waals surface area contributed by atoms with Crippen LogP contribution in [0.5, 0.6) is 0 Å². The summed E-state index contributed by atoms with van der Waals surface area (Å²) in [6.07, 6.45) is 2.22. The van der Waals surface area contributed by atoms with Gasteiger partial charge in [0, 0.05) is 11.8 Å². The molecule has 6 atom stereocenters. The lowest BCUT2D eigenvalue weighted by atomic mass is 9.73. The van der Waals surface area contributed by atoms with Crippen LogP contribution in [-0.4, -0.2) is 38.6 Å². The van der Waals surface area contributed by atoms with Crippen molar-refractivity contribution in [2.45, 2.75) is 63.3 Å². The SMILES string of the molecule is Cc1cn([C@@H]2OC34[C@H](C)CCC[C@@H]3O[C@@H]2[C@@H]4O)c(=O)[nH]c1=O. The Kier molecular flexibility index (Phi) is 2.92. The fourth-order valence-corrected chi connectivity index (χ4v) is 4.31. The van der Waals surface area contributed by atoms with Crippen molar-refractivity contribution in [1.82, 2.24) is 9.55 Å². The number of aromatic amines is 1. The zero-order chi connectivity index (χ0) is 15.6. The van der Waals surface area contributed by atoms with E-state index in [2.05, 4.69) is 11.9 Å². The van der Waals surface area contributed by atoms with Crippen LogP contribution in [0, 0.1) is 12.8 Å². The van der Waals surface area contributed by atoms with Crippen molar-refractivity contribution in [2.24, 2.45) is 5.92 Å². The van der Waals surface area contributed by atoms with E-state index in [9.17, 15) is 14.7 Å². The van der Waals surface area contributed by atoms with Crippen molar-refractivity contribution in [3.05, 3.63) is 32.6 Å². The van der Waals surface area contributed by atoms with Crippen LogP contribution < -0.4 is 11.2 Å². The molecule has 120 valence electrons. The lowest BCUT2D eigenvalue weighted by molar-refractivity contribution is -0.240. The molecule has 3 aliphatic rings. The van der Waals surface area contributed by atoms with Crippen LogP contribution in [0.2, 0.25) is 0 Å². The van der Waals surface area contributed by atoms with Gasteiger partial charge in [-0.05, 0) is 25.7 Å². The van der Waals surface area contributed by atoms with Crippen molar-refractivity contribution in [3.8, 4) is 0 Å². The third-order valence-electron chi connectivity index (χ3n) is 5.50. The number of aromatic nitrogens is 2. The molecule has 2 aliphatic heterocycles. The molecule has 2 bridgehead atoms. The maximum Gasteiger partial charge on any atom is 0.330 e. The van der Waals surface area contributed by atoms with Crippen LogP contribution in [0.15, 0.2) is 15.8 Å². The molecule has 1 aromatic heterocycles. The third kappa shape index (κ3) is 1.61. The van der Waals surface area contributed by atoms with Crippen molar-refractivity contribution in [1.29, 1.82) is 0 Å². The molecule has 7 heteroatoms. The van der Waals surface area contributed by atoms with E-state index in [0.29, 0.717) is 5.56 Å². The van der Waals surface area contributed by atoms with Gasteiger partial charge in [-0.15, -0.1) is 0 Å². The number of fused-ring (bicyclic) bond motifs is 1. The fraction of sp³-hybridized carbons (Fsp3) is 0.733. The van der Waals surface area contributed by atoms with Crippen molar-refractivity contribution in [3.63, 3.8) is 0 Å². The van der Waals surface area contributed by atoms with Gasteiger partial charge in [-0.2, -0.15) is 0 Å². The van der Waals surface area contributed by atoms with E-state index in [1.165, 1.54) is 10.8 Å². The molecule has 1 spiro atoms. The minimum absolute atomic E-state index is 0.118. The maximum absolute atomic E-state index is 12.1. The van der Waals surface area contributed by atoms with Crippen LogP contribution in [0.1, 0.15) is 38.0 Å². The zero-order valence-corrected chi connectivity index (χ0v) is 12.6. The Morgan fingerprint density at radius 2 is 2.18 bits per heavy atom. The summed E-state index contributed by atoms with van der Waals surface area (Å²) in [5.41, 5.74) is -1.27. The second-order valence-electron chi connectivity index (χ2n) is 6.71. The Labute approximate surface area is 126 Å². The summed E-state index contributed by atoms with van der Waals surface area (Å²) in [5, 5.41) is 10.7. The van der Waals surface area contributed by atoms with E-state index in [1.54, 1.807) is 6.92 Å². The average molecular weight is 308 g/mol. The van der Waals surface area contributed by atoms with E-state index < -0.39 is 35.3 Å². The molecule has 1 aromatic rings. The van der Waals surface area contributed by atoms with Crippen LogP contribution in [0.25, 0.3) is 0 Å². The van der Waals surface area contributed by atoms with Crippen LogP contribution in [0.3, 0.4) is 0 Å². The molecule has 22 heavy (non-hydrogen) atoms. The summed E-state index contributed by atoms with van der Waals surface area (Å²) in [7, 11) is 0. The Balaban J connectivity index is 1.77. The number of H-pyrrole nitrogens is 1. The monoisotopic (exact) mass is 308 g/mol. The Morgan fingerprint density at radius 3 is 2.95 bits per heavy atom. The third-order valence-corrected chi connectivity index (χ3v) is 5.50. The van der Waals surface area contributed by atoms with Crippen LogP contribution in [-0.2, 0) is 9.47 Å². The molecule has 2 saturated heterocycles. The van der Waals surface area contributed by atoms with Gasteiger partial charge in [0.05, 0.1) is 6.10 Å². The van der Waals surface area contributed by atoms with Gasteiger partial charge in [0.15, 0.2) is 6.23 Å². The van der Waals surface area contributed by atoms with E-state index in [0.717, 1.165) is 19.3 Å². The van der Waals surface area contributed by atoms with Crippen molar-refractivity contribution in [2.75, 3.05) is 0 Å². The standard InChI is InChI=1S/C15H20N2O5/c1-7-6-17(14(20)16-12(7)19)13-10-11(18)15(22-13)8(2)4-3-5-9(15)21-10/h6,8-11,13,18H,3-5H2,1-2H3,(H,16,19,20)/t8-,9+,10-,11+,13-,15?/m1/s1. The quantitative estimate of drug-likeness (QED) is 0.765. The van der Waals surface area contributed by atoms with Gasteiger partial charge < -0.3 is 14.6 Å². The first-order valence-electron chi connectivity index (χ1n) is 7.78. The van der Waals surface area contributed by atoms with E-state index in [-0.39, 0.29) is 12.0 Å². The topological polar surface area (TPSA) is 93.6 Å². The van der Waals surface area contributed by atoms with Crippen molar-refractivity contribution >= 4 is 0 Å². The summed E-state index contributed by atoms with van der Waals surface area (Å²) < 4.78 is 13.5. The van der Waals surface area contributed by atoms with Gasteiger partial charge >= 0.3 is 5.69 Å². The average Bonchev–Trinajstić information content (AvgIpc) is 2.92. The number of nitrogens with zero attached hydrogens (tertiary/aromatic N) is 1. The fourth-order valence-electron chi connectivity index (χ4n) is 4.31. The lowest BCUT2D eigenvalue weighted by Crippen LogP contribution is -2.55. The molecule has 2 N–H and O–H groups in total. The normalized spacial score (nSPS) is 43.3. The van der Waals surface area contributed by atoms with Gasteiger partial charge in [0.1, 0.15) is 17.8 Å². The molecule has 4 rings (SSSR count). The maximum atomic E-state index is 12.1. The summed E-state index contributed by atoms with van der Waals surface area (Å²) in [6.45, 7) is 3.69. The van der Waals surface area contributed by atoms with Gasteiger partial charge in [0.25, 0.3) is 5.56 Å². The highest BCUT2D eigenvalue weighted by molar-refractivity contribution is 5.16. The molecule has 3 fully saturated rings. The smallest absolute Gasteiger partial charge is 0.330 e. The Bertz CT molecular complexity index is 725. The van der Waals surface area contributed by atoms with Gasteiger partial charge in [-0.25, -0.2) is 4.79 Å². The molecule has 1 aliphatic carbocycles. The first-order chi connectivity index (χ1) is 10.4. The number of aliphatic hydroxyl groups excluding tert-OH is 1. The first kappa shape index (κ1) is 14.2. The molecular formula is C15H20N2O5. The number of aryl methyl sites for hydroxylation is 1. The molecule has 1 saturated carbocycles. The van der Waals surface area contributed by atoms with E-state index >= 15 is 0 Å². The Hall–Kier alpha value is -1.44. The minimum Gasteiger partial charge on any atom is -0.387 e. The number of aliphatic hydroxyl groups is 1. The summed E-state index contributed by atoms with van der Waals surface area (Å²) in [6, 6.07) is 0. The summed E-state index contributed by atoms with van der Waals surface area (Å²) in [4.78, 5) is 25.9. The second-order valence-corrected chi connectivity index (χ2v) is 6.71. The van der Waals surface area contributed by atoms with Crippen LogP contribution >= 0.6 is 0 Å². The number of rotatable bonds is 1. The summed E-state index contributed by atoms with van der Waals surface area (Å²) >= 11 is 0. The van der Waals surface area contributed by atoms with E-state index in [4.69, 9.17) is 9.47 Å². The number of ether oxygens (including phenoxy) is 2. The largest absolute Gasteiger partial charge is 0.387 e. The van der Waals surface area contributed by atoms with Crippen molar-refractivity contribution < 1.29 is 14.6 Å². The molecule has 0 aromatic carbocycles.